The van der Waals surface area contributed by atoms with Crippen molar-refractivity contribution in [1.29, 1.82) is 0 Å². The van der Waals surface area contributed by atoms with Crippen LogP contribution in [0.4, 0.5) is 10.1 Å². The van der Waals surface area contributed by atoms with Gasteiger partial charge < -0.3 is 20.6 Å². The lowest BCUT2D eigenvalue weighted by Gasteiger charge is -2.30. The van der Waals surface area contributed by atoms with Crippen LogP contribution in [-0.2, 0) is 0 Å². The predicted molar refractivity (Wildman–Crippen MR) is 108 cm³/mol. The van der Waals surface area contributed by atoms with Crippen LogP contribution in [0.2, 0.25) is 0 Å². The molecule has 1 saturated carbocycles. The van der Waals surface area contributed by atoms with E-state index in [9.17, 15) is 9.18 Å². The number of aromatic amines is 1. The molecule has 28 heavy (non-hydrogen) atoms. The molecule has 5 rings (SSSR count). The number of rotatable bonds is 3. The molecule has 2 fully saturated rings. The molecule has 3 heterocycles. The number of nitrogens with one attached hydrogen (secondary N) is 2. The fourth-order valence-corrected chi connectivity index (χ4v) is 3.95. The standard InChI is InChI=1S/C18H20FN7OS/c19-13-7-11-14(8-15(13)24-5-3-21-4-6-24)25(10-1-2-10)9-12(16(11)27)17-22-23-18(28)26(17)20/h7-10,21H,1-6,20H2,(H,23,28). The summed E-state index contributed by atoms with van der Waals surface area (Å²) in [6.07, 6.45) is 3.82. The number of aromatic nitrogens is 4. The Bertz CT molecular complexity index is 1190. The van der Waals surface area contributed by atoms with Crippen LogP contribution in [0, 0.1) is 10.6 Å². The molecule has 0 spiro atoms. The monoisotopic (exact) mass is 401 g/mol. The summed E-state index contributed by atoms with van der Waals surface area (Å²) < 4.78 is 18.4. The molecule has 1 aromatic carbocycles. The number of nitrogens with two attached hydrogens (primary N) is 1. The zero-order valence-electron chi connectivity index (χ0n) is 15.1. The van der Waals surface area contributed by atoms with Gasteiger partial charge in [0.1, 0.15) is 5.82 Å². The zero-order chi connectivity index (χ0) is 19.4. The van der Waals surface area contributed by atoms with E-state index in [0.29, 0.717) is 16.6 Å². The van der Waals surface area contributed by atoms with Crippen molar-refractivity contribution in [2.24, 2.45) is 0 Å². The molecule has 1 aliphatic carbocycles. The molecule has 1 aliphatic heterocycles. The van der Waals surface area contributed by atoms with Crippen LogP contribution in [0.1, 0.15) is 18.9 Å². The van der Waals surface area contributed by atoms with Crippen LogP contribution >= 0.6 is 12.2 Å². The number of hydrogen-bond donors (Lipinski definition) is 3. The molecule has 0 atom stereocenters. The number of nitrogens with zero attached hydrogens (tertiary/aromatic N) is 4. The van der Waals surface area contributed by atoms with Gasteiger partial charge in [-0.25, -0.2) is 14.2 Å². The van der Waals surface area contributed by atoms with Gasteiger partial charge in [-0.3, -0.25) is 4.79 Å². The largest absolute Gasteiger partial charge is 0.367 e. The number of nitrogen functional groups attached to an aromatic ring is 1. The minimum Gasteiger partial charge on any atom is -0.367 e. The van der Waals surface area contributed by atoms with E-state index in [0.717, 1.165) is 44.5 Å². The van der Waals surface area contributed by atoms with Crippen molar-refractivity contribution in [2.45, 2.75) is 18.9 Å². The molecule has 4 N–H and O–H groups in total. The Morgan fingerprint density at radius 1 is 1.25 bits per heavy atom. The highest BCUT2D eigenvalue weighted by atomic mass is 32.1. The fraction of sp³-hybridized carbons (Fsp3) is 0.389. The van der Waals surface area contributed by atoms with E-state index in [1.54, 1.807) is 12.3 Å². The third kappa shape index (κ3) is 2.71. The van der Waals surface area contributed by atoms with Crippen molar-refractivity contribution in [1.82, 2.24) is 24.8 Å². The first kappa shape index (κ1) is 17.4. The van der Waals surface area contributed by atoms with E-state index in [-0.39, 0.29) is 22.1 Å². The molecule has 2 aromatic heterocycles. The number of hydrogen-bond acceptors (Lipinski definition) is 6. The predicted octanol–water partition coefficient (Wildman–Crippen LogP) is 1.52. The molecule has 2 aliphatic rings. The normalized spacial score (nSPS) is 17.4. The molecule has 3 aromatic rings. The molecule has 0 radical (unpaired) electrons. The fourth-order valence-electron chi connectivity index (χ4n) is 3.82. The smallest absolute Gasteiger partial charge is 0.214 e. The van der Waals surface area contributed by atoms with Crippen LogP contribution in [0.5, 0.6) is 0 Å². The minimum absolute atomic E-state index is 0.215. The second-order valence-corrected chi connectivity index (χ2v) is 7.68. The molecular weight excluding hydrogens is 381 g/mol. The van der Waals surface area contributed by atoms with Gasteiger partial charge in [0.2, 0.25) is 10.2 Å². The van der Waals surface area contributed by atoms with Gasteiger partial charge in [0, 0.05) is 43.8 Å². The van der Waals surface area contributed by atoms with Gasteiger partial charge in [-0.2, -0.15) is 5.10 Å². The van der Waals surface area contributed by atoms with Crippen molar-refractivity contribution < 1.29 is 4.39 Å². The highest BCUT2D eigenvalue weighted by molar-refractivity contribution is 7.71. The van der Waals surface area contributed by atoms with Gasteiger partial charge in [-0.15, -0.1) is 0 Å². The SMILES string of the molecule is Nn1c(-c2cn(C3CC3)c3cc(N4CCNCC4)c(F)cc3c2=O)n[nH]c1=S. The van der Waals surface area contributed by atoms with Gasteiger partial charge >= 0.3 is 0 Å². The summed E-state index contributed by atoms with van der Waals surface area (Å²) in [5.74, 6) is 5.78. The lowest BCUT2D eigenvalue weighted by molar-refractivity contribution is 0.567. The first-order valence-electron chi connectivity index (χ1n) is 9.31. The van der Waals surface area contributed by atoms with Crippen LogP contribution in [-0.4, -0.2) is 45.6 Å². The molecule has 8 nitrogen and oxygen atoms in total. The molecule has 0 unspecified atom stereocenters. The Balaban J connectivity index is 1.76. The Hall–Kier alpha value is -2.72. The van der Waals surface area contributed by atoms with E-state index < -0.39 is 5.82 Å². The number of fused-ring (bicyclic) bond motifs is 1. The number of H-pyrrole nitrogens is 1. The Kier molecular flexibility index (Phi) is 3.98. The Morgan fingerprint density at radius 2 is 2.00 bits per heavy atom. The third-order valence-corrected chi connectivity index (χ3v) is 5.73. The maximum absolute atomic E-state index is 15.0. The van der Waals surface area contributed by atoms with Crippen molar-refractivity contribution in [3.05, 3.63) is 39.1 Å². The molecule has 0 bridgehead atoms. The van der Waals surface area contributed by atoms with Crippen LogP contribution in [0.15, 0.2) is 23.1 Å². The number of piperazine rings is 1. The minimum atomic E-state index is -0.391. The van der Waals surface area contributed by atoms with Gasteiger partial charge in [-0.1, -0.05) is 0 Å². The summed E-state index contributed by atoms with van der Waals surface area (Å²) in [5.41, 5.74) is 1.28. The Morgan fingerprint density at radius 3 is 2.64 bits per heavy atom. The van der Waals surface area contributed by atoms with E-state index in [1.807, 2.05) is 4.90 Å². The summed E-state index contributed by atoms with van der Waals surface area (Å²) in [4.78, 5) is 15.2. The van der Waals surface area contributed by atoms with Crippen LogP contribution < -0.4 is 21.5 Å². The zero-order valence-corrected chi connectivity index (χ0v) is 15.9. The first-order valence-corrected chi connectivity index (χ1v) is 9.72. The van der Waals surface area contributed by atoms with Gasteiger partial charge in [0.05, 0.1) is 16.8 Å². The molecule has 1 saturated heterocycles. The average molecular weight is 401 g/mol. The summed E-state index contributed by atoms with van der Waals surface area (Å²) in [7, 11) is 0. The quantitative estimate of drug-likeness (QED) is 0.455. The maximum Gasteiger partial charge on any atom is 0.214 e. The summed E-state index contributed by atoms with van der Waals surface area (Å²) >= 11 is 5.06. The molecular formula is C18H20FN7OS. The third-order valence-electron chi connectivity index (χ3n) is 5.44. The molecule has 146 valence electrons. The summed E-state index contributed by atoms with van der Waals surface area (Å²) in [6.45, 7) is 3.09. The van der Waals surface area contributed by atoms with E-state index in [4.69, 9.17) is 18.1 Å². The van der Waals surface area contributed by atoms with E-state index in [2.05, 4.69) is 20.1 Å². The number of anilines is 1. The van der Waals surface area contributed by atoms with E-state index in [1.165, 1.54) is 10.7 Å². The van der Waals surface area contributed by atoms with Crippen LogP contribution in [0.25, 0.3) is 22.3 Å². The number of benzene rings is 1. The number of pyridine rings is 1. The molecule has 0 amide bonds. The van der Waals surface area contributed by atoms with E-state index >= 15 is 0 Å². The highest BCUT2D eigenvalue weighted by Crippen LogP contribution is 2.38. The lowest BCUT2D eigenvalue weighted by atomic mass is 10.1. The average Bonchev–Trinajstić information content (AvgIpc) is 3.49. The highest BCUT2D eigenvalue weighted by Gasteiger charge is 2.28. The van der Waals surface area contributed by atoms with Crippen molar-refractivity contribution in [3.8, 4) is 11.4 Å². The number of halogens is 1. The Labute approximate surface area is 164 Å². The topological polar surface area (TPSA) is 96.9 Å². The van der Waals surface area contributed by atoms with Crippen molar-refractivity contribution in [2.75, 3.05) is 36.9 Å². The van der Waals surface area contributed by atoms with Gasteiger partial charge in [-0.05, 0) is 37.2 Å². The van der Waals surface area contributed by atoms with Gasteiger partial charge in [0.25, 0.3) is 0 Å². The van der Waals surface area contributed by atoms with Crippen molar-refractivity contribution in [3.63, 3.8) is 0 Å². The maximum atomic E-state index is 15.0. The first-order chi connectivity index (χ1) is 13.5. The van der Waals surface area contributed by atoms with Gasteiger partial charge in [0.15, 0.2) is 5.82 Å². The summed E-state index contributed by atoms with van der Waals surface area (Å²) in [5, 5.41) is 10.3. The second-order valence-electron chi connectivity index (χ2n) is 7.29. The van der Waals surface area contributed by atoms with Crippen LogP contribution in [0.3, 0.4) is 0 Å². The molecule has 10 heteroatoms. The van der Waals surface area contributed by atoms with Crippen molar-refractivity contribution >= 4 is 28.8 Å². The summed E-state index contributed by atoms with van der Waals surface area (Å²) in [6, 6.07) is 3.44. The second kappa shape index (κ2) is 6.42. The lowest BCUT2D eigenvalue weighted by Crippen LogP contribution is -2.43.